The first-order valence-electron chi connectivity index (χ1n) is 17.9. The molecule has 0 saturated heterocycles. The Bertz CT molecular complexity index is 2740. The van der Waals surface area contributed by atoms with Gasteiger partial charge in [-0.1, -0.05) is 172 Å². The standard InChI is InChI=1S/C51H36/c1-51(2)47-32-39(27-28-41(47)46-30-37-15-6-7-16-38(37)31-48(46)51)36-17-12-18-40(29-36)50-44-21-10-8-19-42(44)49(43-20-9-11-22-45(43)50)35-25-23-34(24-26-35)33-13-4-3-5-14-33/h3-32H,1-2H3. The van der Waals surface area contributed by atoms with E-state index >= 15 is 0 Å². The maximum atomic E-state index is 2.44. The van der Waals surface area contributed by atoms with Crippen molar-refractivity contribution in [3.05, 3.63) is 193 Å². The predicted molar refractivity (Wildman–Crippen MR) is 218 cm³/mol. The topological polar surface area (TPSA) is 0 Å². The molecule has 0 unspecified atom stereocenters. The van der Waals surface area contributed by atoms with E-state index in [2.05, 4.69) is 196 Å². The lowest BCUT2D eigenvalue weighted by atomic mass is 9.81. The van der Waals surface area contributed by atoms with E-state index in [1.54, 1.807) is 0 Å². The molecule has 0 N–H and O–H groups in total. The number of hydrogen-bond acceptors (Lipinski definition) is 0. The van der Waals surface area contributed by atoms with Gasteiger partial charge in [0.15, 0.2) is 0 Å². The second-order valence-electron chi connectivity index (χ2n) is 14.5. The van der Waals surface area contributed by atoms with E-state index in [1.807, 2.05) is 0 Å². The zero-order chi connectivity index (χ0) is 34.1. The van der Waals surface area contributed by atoms with Crippen LogP contribution < -0.4 is 0 Å². The summed E-state index contributed by atoms with van der Waals surface area (Å²) in [6, 6.07) is 67.4. The maximum Gasteiger partial charge on any atom is 0.0159 e. The fourth-order valence-electron chi connectivity index (χ4n) is 8.67. The molecule has 51 heavy (non-hydrogen) atoms. The zero-order valence-corrected chi connectivity index (χ0v) is 28.8. The summed E-state index contributed by atoms with van der Waals surface area (Å²) in [6.07, 6.45) is 0. The molecule has 0 heteroatoms. The maximum absolute atomic E-state index is 2.44. The molecule has 0 aliphatic heterocycles. The van der Waals surface area contributed by atoms with Gasteiger partial charge in [-0.15, -0.1) is 0 Å². The Labute approximate surface area is 299 Å². The molecule has 0 atom stereocenters. The van der Waals surface area contributed by atoms with Crippen molar-refractivity contribution >= 4 is 32.3 Å². The molecule has 9 aromatic rings. The van der Waals surface area contributed by atoms with Crippen molar-refractivity contribution < 1.29 is 0 Å². The summed E-state index contributed by atoms with van der Waals surface area (Å²) in [5.74, 6) is 0. The highest BCUT2D eigenvalue weighted by Gasteiger charge is 2.36. The molecule has 1 aliphatic carbocycles. The Morgan fingerprint density at radius 1 is 0.294 bits per heavy atom. The predicted octanol–water partition coefficient (Wildman–Crippen LogP) is 14.1. The molecule has 0 nitrogen and oxygen atoms in total. The van der Waals surface area contributed by atoms with Gasteiger partial charge in [-0.3, -0.25) is 0 Å². The van der Waals surface area contributed by atoms with E-state index in [-0.39, 0.29) is 5.41 Å². The van der Waals surface area contributed by atoms with E-state index in [0.29, 0.717) is 0 Å². The minimum absolute atomic E-state index is 0.0795. The van der Waals surface area contributed by atoms with Crippen LogP contribution in [0.2, 0.25) is 0 Å². The second kappa shape index (κ2) is 11.4. The molecule has 0 bridgehead atoms. The highest BCUT2D eigenvalue weighted by Crippen LogP contribution is 2.51. The Morgan fingerprint density at radius 3 is 1.41 bits per heavy atom. The van der Waals surface area contributed by atoms with Crippen LogP contribution in [0.15, 0.2) is 182 Å². The van der Waals surface area contributed by atoms with Crippen LogP contribution in [-0.4, -0.2) is 0 Å². The van der Waals surface area contributed by atoms with Crippen molar-refractivity contribution in [1.82, 2.24) is 0 Å². The number of rotatable bonds is 4. The lowest BCUT2D eigenvalue weighted by Gasteiger charge is -2.22. The summed E-state index contributed by atoms with van der Waals surface area (Å²) in [5.41, 5.74) is 15.4. The molecule has 1 aliphatic rings. The summed E-state index contributed by atoms with van der Waals surface area (Å²) in [4.78, 5) is 0. The molecule has 9 aromatic carbocycles. The monoisotopic (exact) mass is 648 g/mol. The lowest BCUT2D eigenvalue weighted by Crippen LogP contribution is -2.15. The molecule has 0 amide bonds. The zero-order valence-electron chi connectivity index (χ0n) is 28.8. The van der Waals surface area contributed by atoms with Gasteiger partial charge in [-0.25, -0.2) is 0 Å². The van der Waals surface area contributed by atoms with E-state index in [4.69, 9.17) is 0 Å². The van der Waals surface area contributed by atoms with Crippen molar-refractivity contribution in [2.24, 2.45) is 0 Å². The van der Waals surface area contributed by atoms with Crippen LogP contribution in [0.25, 0.3) is 88.0 Å². The van der Waals surface area contributed by atoms with Crippen molar-refractivity contribution in [3.8, 4) is 55.6 Å². The fourth-order valence-corrected chi connectivity index (χ4v) is 8.67. The number of benzene rings is 9. The number of fused-ring (bicyclic) bond motifs is 6. The molecular formula is C51H36. The van der Waals surface area contributed by atoms with Crippen molar-refractivity contribution in [2.45, 2.75) is 19.3 Å². The lowest BCUT2D eigenvalue weighted by molar-refractivity contribution is 0.661. The fraction of sp³-hybridized carbons (Fsp3) is 0.0588. The Balaban J connectivity index is 1.11. The van der Waals surface area contributed by atoms with Gasteiger partial charge in [0.2, 0.25) is 0 Å². The summed E-state index contributed by atoms with van der Waals surface area (Å²) in [7, 11) is 0. The Hall–Kier alpha value is -6.24. The van der Waals surface area contributed by atoms with Gasteiger partial charge in [0.1, 0.15) is 0 Å². The molecule has 0 saturated carbocycles. The molecule has 10 rings (SSSR count). The third-order valence-electron chi connectivity index (χ3n) is 11.2. The van der Waals surface area contributed by atoms with Crippen LogP contribution in [0.4, 0.5) is 0 Å². The van der Waals surface area contributed by atoms with Gasteiger partial charge in [-0.2, -0.15) is 0 Å². The third-order valence-corrected chi connectivity index (χ3v) is 11.2. The van der Waals surface area contributed by atoms with E-state index < -0.39 is 0 Å². The van der Waals surface area contributed by atoms with Gasteiger partial charge in [-0.05, 0) is 123 Å². The average molecular weight is 649 g/mol. The summed E-state index contributed by atoms with van der Waals surface area (Å²) >= 11 is 0. The van der Waals surface area contributed by atoms with Gasteiger partial charge >= 0.3 is 0 Å². The van der Waals surface area contributed by atoms with Crippen LogP contribution in [0, 0.1) is 0 Å². The van der Waals surface area contributed by atoms with Gasteiger partial charge in [0.05, 0.1) is 0 Å². The molecule has 0 aromatic heterocycles. The minimum Gasteiger partial charge on any atom is -0.0622 e. The first kappa shape index (κ1) is 29.7. The third kappa shape index (κ3) is 4.68. The van der Waals surface area contributed by atoms with Crippen LogP contribution in [0.1, 0.15) is 25.0 Å². The first-order chi connectivity index (χ1) is 25.0. The first-order valence-corrected chi connectivity index (χ1v) is 17.9. The van der Waals surface area contributed by atoms with Crippen molar-refractivity contribution in [2.75, 3.05) is 0 Å². The van der Waals surface area contributed by atoms with Crippen LogP contribution in [0.5, 0.6) is 0 Å². The smallest absolute Gasteiger partial charge is 0.0159 e. The van der Waals surface area contributed by atoms with Gasteiger partial charge in [0.25, 0.3) is 0 Å². The van der Waals surface area contributed by atoms with E-state index in [0.717, 1.165) is 0 Å². The molecule has 0 spiro atoms. The average Bonchev–Trinajstić information content (AvgIpc) is 3.41. The van der Waals surface area contributed by atoms with Crippen molar-refractivity contribution in [1.29, 1.82) is 0 Å². The molecule has 0 heterocycles. The van der Waals surface area contributed by atoms with Crippen molar-refractivity contribution in [3.63, 3.8) is 0 Å². The largest absolute Gasteiger partial charge is 0.0622 e. The Morgan fingerprint density at radius 2 is 0.745 bits per heavy atom. The van der Waals surface area contributed by atoms with Gasteiger partial charge < -0.3 is 0 Å². The van der Waals surface area contributed by atoms with E-state index in [9.17, 15) is 0 Å². The highest BCUT2D eigenvalue weighted by molar-refractivity contribution is 6.21. The molecule has 0 fully saturated rings. The molecule has 0 radical (unpaired) electrons. The van der Waals surface area contributed by atoms with Crippen LogP contribution >= 0.6 is 0 Å². The molecular weight excluding hydrogens is 613 g/mol. The second-order valence-corrected chi connectivity index (χ2v) is 14.5. The van der Waals surface area contributed by atoms with Gasteiger partial charge in [0, 0.05) is 5.41 Å². The Kier molecular flexibility index (Phi) is 6.63. The summed E-state index contributed by atoms with van der Waals surface area (Å²) < 4.78 is 0. The van der Waals surface area contributed by atoms with Crippen LogP contribution in [-0.2, 0) is 5.41 Å². The quantitative estimate of drug-likeness (QED) is 0.167. The van der Waals surface area contributed by atoms with Crippen LogP contribution in [0.3, 0.4) is 0 Å². The summed E-state index contributed by atoms with van der Waals surface area (Å²) in [5, 5.41) is 7.69. The SMILES string of the molecule is CC1(C)c2cc(-c3cccc(-c4c5ccccc5c(-c5ccc(-c6ccccc6)cc5)c5ccccc45)c3)ccc2-c2cc3ccccc3cc21. The van der Waals surface area contributed by atoms with E-state index in [1.165, 1.54) is 99.1 Å². The number of hydrogen-bond donors (Lipinski definition) is 0. The minimum atomic E-state index is -0.0795. The highest BCUT2D eigenvalue weighted by atomic mass is 14.4. The molecule has 240 valence electrons. The summed E-state index contributed by atoms with van der Waals surface area (Å²) in [6.45, 7) is 4.75. The normalized spacial score (nSPS) is 13.1.